The summed E-state index contributed by atoms with van der Waals surface area (Å²) in [6, 6.07) is 13.2. The standard InChI is InChI=1S/C28H41N5O5/c1-5-31(6-2)13-12-27(34)29-22-8-7-9-23(20-22)33-16-14-32(15-17-33)18-19-38-28(35)30-25-21-24(36-3)10-11-26(25)37-4/h7-11,20-21H,5-6,12-19H2,1-4H3,(H,29,34)(H,30,35). The SMILES string of the molecule is CCN(CC)CCC(=O)Nc1cccc(N2CCN(CCOC(=O)Nc3cc(OC)ccc3OC)CC2)c1. The van der Waals surface area contributed by atoms with Gasteiger partial charge in [-0.1, -0.05) is 19.9 Å². The van der Waals surface area contributed by atoms with Crippen LogP contribution in [0.3, 0.4) is 0 Å². The van der Waals surface area contributed by atoms with Crippen LogP contribution in [0.25, 0.3) is 0 Å². The van der Waals surface area contributed by atoms with E-state index in [-0.39, 0.29) is 12.5 Å². The summed E-state index contributed by atoms with van der Waals surface area (Å²) in [7, 11) is 3.10. The van der Waals surface area contributed by atoms with Crippen LogP contribution in [-0.2, 0) is 9.53 Å². The largest absolute Gasteiger partial charge is 0.497 e. The van der Waals surface area contributed by atoms with Gasteiger partial charge in [-0.2, -0.15) is 0 Å². The maximum absolute atomic E-state index is 12.4. The van der Waals surface area contributed by atoms with Crippen LogP contribution in [0.1, 0.15) is 20.3 Å². The van der Waals surface area contributed by atoms with E-state index in [1.165, 1.54) is 0 Å². The molecule has 2 aromatic carbocycles. The molecule has 10 heteroatoms. The molecule has 38 heavy (non-hydrogen) atoms. The number of ether oxygens (including phenoxy) is 3. The molecule has 208 valence electrons. The highest BCUT2D eigenvalue weighted by molar-refractivity contribution is 5.91. The van der Waals surface area contributed by atoms with Crippen molar-refractivity contribution in [3.63, 3.8) is 0 Å². The van der Waals surface area contributed by atoms with Gasteiger partial charge in [0.1, 0.15) is 18.1 Å². The lowest BCUT2D eigenvalue weighted by molar-refractivity contribution is -0.116. The molecule has 0 unspecified atom stereocenters. The van der Waals surface area contributed by atoms with Gasteiger partial charge in [0.05, 0.1) is 19.9 Å². The molecular weight excluding hydrogens is 486 g/mol. The second-order valence-electron chi connectivity index (χ2n) is 9.03. The fourth-order valence-corrected chi connectivity index (χ4v) is 4.36. The van der Waals surface area contributed by atoms with E-state index in [0.29, 0.717) is 30.2 Å². The Kier molecular flexibility index (Phi) is 11.5. The van der Waals surface area contributed by atoms with Crippen LogP contribution < -0.4 is 25.0 Å². The lowest BCUT2D eigenvalue weighted by Crippen LogP contribution is -2.47. The Labute approximate surface area is 225 Å². The number of hydrogen-bond acceptors (Lipinski definition) is 8. The van der Waals surface area contributed by atoms with E-state index in [0.717, 1.165) is 57.2 Å². The quantitative estimate of drug-likeness (QED) is 0.407. The second-order valence-corrected chi connectivity index (χ2v) is 9.03. The number of amides is 2. The number of carbonyl (C=O) groups is 2. The fraction of sp³-hybridized carbons (Fsp3) is 0.500. The normalized spacial score (nSPS) is 13.8. The molecule has 1 fully saturated rings. The van der Waals surface area contributed by atoms with Crippen LogP contribution in [0.5, 0.6) is 11.5 Å². The molecular formula is C28H41N5O5. The summed E-state index contributed by atoms with van der Waals surface area (Å²) in [5, 5.41) is 5.75. The highest BCUT2D eigenvalue weighted by Gasteiger charge is 2.18. The molecule has 0 saturated carbocycles. The number of piperazine rings is 1. The van der Waals surface area contributed by atoms with E-state index in [2.05, 4.69) is 45.2 Å². The number of benzene rings is 2. The van der Waals surface area contributed by atoms with E-state index >= 15 is 0 Å². The van der Waals surface area contributed by atoms with Gasteiger partial charge >= 0.3 is 6.09 Å². The number of rotatable bonds is 13. The molecule has 1 heterocycles. The van der Waals surface area contributed by atoms with E-state index in [1.54, 1.807) is 32.4 Å². The first-order valence-corrected chi connectivity index (χ1v) is 13.2. The van der Waals surface area contributed by atoms with Crippen molar-refractivity contribution in [3.8, 4) is 11.5 Å². The van der Waals surface area contributed by atoms with Gasteiger partial charge in [-0.3, -0.25) is 15.0 Å². The van der Waals surface area contributed by atoms with Crippen LogP contribution in [-0.4, -0.2) is 95.0 Å². The van der Waals surface area contributed by atoms with Crippen LogP contribution >= 0.6 is 0 Å². The van der Waals surface area contributed by atoms with Gasteiger partial charge in [-0.05, 0) is 43.4 Å². The Morgan fingerprint density at radius 1 is 0.947 bits per heavy atom. The third-order valence-electron chi connectivity index (χ3n) is 6.70. The van der Waals surface area contributed by atoms with Gasteiger partial charge in [-0.15, -0.1) is 0 Å². The van der Waals surface area contributed by atoms with Gasteiger partial charge in [0.15, 0.2) is 0 Å². The van der Waals surface area contributed by atoms with Crippen molar-refractivity contribution in [3.05, 3.63) is 42.5 Å². The summed E-state index contributed by atoms with van der Waals surface area (Å²) in [4.78, 5) is 31.5. The summed E-state index contributed by atoms with van der Waals surface area (Å²) >= 11 is 0. The van der Waals surface area contributed by atoms with Crippen molar-refractivity contribution >= 4 is 29.1 Å². The molecule has 1 saturated heterocycles. The summed E-state index contributed by atoms with van der Waals surface area (Å²) in [5.74, 6) is 1.18. The van der Waals surface area contributed by atoms with Crippen molar-refractivity contribution in [1.82, 2.24) is 9.80 Å². The van der Waals surface area contributed by atoms with Crippen LogP contribution in [0.15, 0.2) is 42.5 Å². The zero-order valence-electron chi connectivity index (χ0n) is 23.0. The molecule has 0 spiro atoms. The van der Waals surface area contributed by atoms with E-state index in [9.17, 15) is 9.59 Å². The molecule has 0 aromatic heterocycles. The summed E-state index contributed by atoms with van der Waals surface area (Å²) in [6.45, 7) is 11.2. The smallest absolute Gasteiger partial charge is 0.411 e. The highest BCUT2D eigenvalue weighted by atomic mass is 16.5. The van der Waals surface area contributed by atoms with Crippen LogP contribution in [0.4, 0.5) is 21.9 Å². The van der Waals surface area contributed by atoms with Gasteiger partial charge in [-0.25, -0.2) is 4.79 Å². The molecule has 2 aromatic rings. The van der Waals surface area contributed by atoms with E-state index in [4.69, 9.17) is 14.2 Å². The number of anilines is 3. The summed E-state index contributed by atoms with van der Waals surface area (Å²) < 4.78 is 15.9. The lowest BCUT2D eigenvalue weighted by Gasteiger charge is -2.36. The zero-order valence-corrected chi connectivity index (χ0v) is 23.0. The predicted molar refractivity (Wildman–Crippen MR) is 151 cm³/mol. The summed E-state index contributed by atoms with van der Waals surface area (Å²) in [5.41, 5.74) is 2.41. The predicted octanol–water partition coefficient (Wildman–Crippen LogP) is 3.74. The number of nitrogens with zero attached hydrogens (tertiary/aromatic N) is 3. The molecule has 0 radical (unpaired) electrons. The Morgan fingerprint density at radius 3 is 2.39 bits per heavy atom. The topological polar surface area (TPSA) is 95.6 Å². The molecule has 0 atom stereocenters. The van der Waals surface area contributed by atoms with Gasteiger partial charge in [0.25, 0.3) is 0 Å². The van der Waals surface area contributed by atoms with Gasteiger partial charge in [0.2, 0.25) is 5.91 Å². The maximum atomic E-state index is 12.4. The molecule has 10 nitrogen and oxygen atoms in total. The highest BCUT2D eigenvalue weighted by Crippen LogP contribution is 2.29. The second kappa shape index (κ2) is 15.0. The first-order chi connectivity index (χ1) is 18.4. The van der Waals surface area contributed by atoms with Crippen molar-refractivity contribution in [2.45, 2.75) is 20.3 Å². The molecule has 1 aliphatic heterocycles. The Morgan fingerprint density at radius 2 is 1.71 bits per heavy atom. The third kappa shape index (κ3) is 8.81. The summed E-state index contributed by atoms with van der Waals surface area (Å²) in [6.07, 6.45) is -0.0521. The van der Waals surface area contributed by atoms with Crippen LogP contribution in [0, 0.1) is 0 Å². The average molecular weight is 528 g/mol. The average Bonchev–Trinajstić information content (AvgIpc) is 2.94. The molecule has 1 aliphatic rings. The first kappa shape index (κ1) is 29.1. The number of carbonyl (C=O) groups excluding carboxylic acids is 2. The molecule has 0 aliphatic carbocycles. The number of hydrogen-bond donors (Lipinski definition) is 2. The minimum absolute atomic E-state index is 0.0350. The Bertz CT molecular complexity index is 1040. The Balaban J connectivity index is 1.40. The van der Waals surface area contributed by atoms with Gasteiger partial charge < -0.3 is 29.3 Å². The zero-order chi connectivity index (χ0) is 27.3. The van der Waals surface area contributed by atoms with E-state index < -0.39 is 6.09 Å². The van der Waals surface area contributed by atoms with Crippen LogP contribution in [0.2, 0.25) is 0 Å². The van der Waals surface area contributed by atoms with Crippen molar-refractivity contribution in [1.29, 1.82) is 0 Å². The number of nitrogens with one attached hydrogen (secondary N) is 2. The van der Waals surface area contributed by atoms with Gasteiger partial charge in [0, 0.05) is 63.1 Å². The first-order valence-electron chi connectivity index (χ1n) is 13.2. The van der Waals surface area contributed by atoms with E-state index in [1.807, 2.05) is 18.2 Å². The third-order valence-corrected chi connectivity index (χ3v) is 6.70. The molecule has 2 N–H and O–H groups in total. The minimum atomic E-state index is -0.536. The fourth-order valence-electron chi connectivity index (χ4n) is 4.36. The Hall–Kier alpha value is -3.50. The van der Waals surface area contributed by atoms with Crippen molar-refractivity contribution in [2.75, 3.05) is 88.7 Å². The monoisotopic (exact) mass is 527 g/mol. The van der Waals surface area contributed by atoms with Crippen molar-refractivity contribution in [2.24, 2.45) is 0 Å². The lowest BCUT2D eigenvalue weighted by atomic mass is 10.2. The number of methoxy groups -OCH3 is 2. The minimum Gasteiger partial charge on any atom is -0.497 e. The maximum Gasteiger partial charge on any atom is 0.411 e. The molecule has 0 bridgehead atoms. The van der Waals surface area contributed by atoms with Crippen molar-refractivity contribution < 1.29 is 23.8 Å². The molecule has 3 rings (SSSR count). The molecule has 2 amide bonds.